The van der Waals surface area contributed by atoms with Crippen molar-refractivity contribution in [2.45, 2.75) is 6.92 Å². The minimum absolute atomic E-state index is 0.200. The largest absolute Gasteiger partial charge is 0.505 e. The van der Waals surface area contributed by atoms with Crippen molar-refractivity contribution in [2.75, 3.05) is 0 Å². The van der Waals surface area contributed by atoms with Gasteiger partial charge in [-0.2, -0.15) is 9.78 Å². The molecule has 0 saturated carbocycles. The molecule has 0 saturated heterocycles. The van der Waals surface area contributed by atoms with Gasteiger partial charge in [0.25, 0.3) is 5.56 Å². The molecule has 0 aliphatic heterocycles. The number of halogens is 1. The molecular weight excluding hydrogens is 256 g/mol. The summed E-state index contributed by atoms with van der Waals surface area (Å²) in [7, 11) is 0. The number of benzene rings is 1. The molecule has 6 heteroatoms. The SMILES string of the molecule is Cc1c(Cl)cccc1-n1nc(C=O)c(O)cc1=O. The standard InChI is InChI=1S/C12H9ClN2O3/c1-7-8(13)3-2-4-10(7)15-12(18)5-11(17)9(6-16)14-15/h2-6,17H,1H3. The van der Waals surface area contributed by atoms with Gasteiger partial charge in [0, 0.05) is 11.1 Å². The molecule has 0 unspecified atom stereocenters. The van der Waals surface area contributed by atoms with E-state index in [-0.39, 0.29) is 5.69 Å². The number of aromatic nitrogens is 2. The zero-order valence-electron chi connectivity index (χ0n) is 9.42. The van der Waals surface area contributed by atoms with Crippen molar-refractivity contribution in [3.8, 4) is 11.4 Å². The summed E-state index contributed by atoms with van der Waals surface area (Å²) >= 11 is 5.96. The molecule has 1 N–H and O–H groups in total. The van der Waals surface area contributed by atoms with E-state index in [0.29, 0.717) is 22.6 Å². The van der Waals surface area contributed by atoms with E-state index in [2.05, 4.69) is 5.10 Å². The van der Waals surface area contributed by atoms with Gasteiger partial charge in [-0.1, -0.05) is 17.7 Å². The number of carbonyl (C=O) groups excluding carboxylic acids is 1. The Balaban J connectivity index is 2.75. The van der Waals surface area contributed by atoms with E-state index in [1.165, 1.54) is 0 Å². The van der Waals surface area contributed by atoms with Crippen molar-refractivity contribution >= 4 is 17.9 Å². The van der Waals surface area contributed by atoms with Gasteiger partial charge in [0.05, 0.1) is 5.69 Å². The van der Waals surface area contributed by atoms with E-state index in [0.717, 1.165) is 10.7 Å². The molecule has 0 aliphatic carbocycles. The van der Waals surface area contributed by atoms with E-state index < -0.39 is 11.3 Å². The number of nitrogens with zero attached hydrogens (tertiary/aromatic N) is 2. The number of rotatable bonds is 2. The predicted octanol–water partition coefficient (Wildman–Crippen LogP) is 1.71. The third-order valence-corrected chi connectivity index (χ3v) is 2.93. The molecule has 0 spiro atoms. The number of aldehydes is 1. The van der Waals surface area contributed by atoms with Crippen LogP contribution in [0.15, 0.2) is 29.1 Å². The van der Waals surface area contributed by atoms with Crippen molar-refractivity contribution in [1.29, 1.82) is 0 Å². The summed E-state index contributed by atoms with van der Waals surface area (Å²) in [6, 6.07) is 5.96. The van der Waals surface area contributed by atoms with Crippen LogP contribution in [0.1, 0.15) is 16.1 Å². The van der Waals surface area contributed by atoms with Gasteiger partial charge in [-0.15, -0.1) is 0 Å². The average Bonchev–Trinajstić information content (AvgIpc) is 2.34. The van der Waals surface area contributed by atoms with Gasteiger partial charge in [0.15, 0.2) is 17.7 Å². The smallest absolute Gasteiger partial charge is 0.275 e. The molecule has 18 heavy (non-hydrogen) atoms. The van der Waals surface area contributed by atoms with Gasteiger partial charge in [-0.3, -0.25) is 9.59 Å². The molecule has 0 atom stereocenters. The van der Waals surface area contributed by atoms with Crippen LogP contribution in [-0.4, -0.2) is 21.2 Å². The summed E-state index contributed by atoms with van der Waals surface area (Å²) in [6.07, 6.45) is 0.380. The molecule has 1 heterocycles. The lowest BCUT2D eigenvalue weighted by atomic mass is 10.2. The Hall–Kier alpha value is -2.14. The Bertz CT molecular complexity index is 680. The van der Waals surface area contributed by atoms with Crippen molar-refractivity contribution < 1.29 is 9.90 Å². The fraction of sp³-hybridized carbons (Fsp3) is 0.0833. The van der Waals surface area contributed by atoms with E-state index in [9.17, 15) is 14.7 Å². The van der Waals surface area contributed by atoms with Crippen LogP contribution in [0, 0.1) is 6.92 Å². The average molecular weight is 265 g/mol. The summed E-state index contributed by atoms with van der Waals surface area (Å²) in [4.78, 5) is 22.5. The lowest BCUT2D eigenvalue weighted by molar-refractivity contribution is 0.111. The Morgan fingerprint density at radius 3 is 2.83 bits per heavy atom. The van der Waals surface area contributed by atoms with Crippen molar-refractivity contribution in [3.05, 3.63) is 50.9 Å². The minimum Gasteiger partial charge on any atom is -0.505 e. The second kappa shape index (κ2) is 4.62. The maximum atomic E-state index is 11.8. The first kappa shape index (κ1) is 12.3. The molecule has 2 aromatic rings. The maximum Gasteiger partial charge on any atom is 0.275 e. The molecule has 1 aromatic heterocycles. The van der Waals surface area contributed by atoms with E-state index in [1.807, 2.05) is 0 Å². The van der Waals surface area contributed by atoms with Crippen molar-refractivity contribution in [3.63, 3.8) is 0 Å². The second-order valence-electron chi connectivity index (χ2n) is 3.67. The fourth-order valence-electron chi connectivity index (χ4n) is 1.54. The summed E-state index contributed by atoms with van der Waals surface area (Å²) in [5, 5.41) is 13.6. The molecule has 0 bridgehead atoms. The van der Waals surface area contributed by atoms with E-state index >= 15 is 0 Å². The minimum atomic E-state index is -0.538. The van der Waals surface area contributed by atoms with Crippen LogP contribution in [0.25, 0.3) is 5.69 Å². The number of hydrogen-bond acceptors (Lipinski definition) is 4. The molecule has 5 nitrogen and oxygen atoms in total. The highest BCUT2D eigenvalue weighted by Gasteiger charge is 2.11. The van der Waals surface area contributed by atoms with E-state index in [4.69, 9.17) is 11.6 Å². The number of carbonyl (C=O) groups is 1. The first-order valence-corrected chi connectivity index (χ1v) is 5.46. The molecule has 92 valence electrons. The van der Waals surface area contributed by atoms with Crippen LogP contribution in [-0.2, 0) is 0 Å². The highest BCUT2D eigenvalue weighted by atomic mass is 35.5. The molecule has 1 aromatic carbocycles. The summed E-state index contributed by atoms with van der Waals surface area (Å²) < 4.78 is 1.03. The molecule has 0 fully saturated rings. The van der Waals surface area contributed by atoms with Crippen molar-refractivity contribution in [1.82, 2.24) is 9.78 Å². The lowest BCUT2D eigenvalue weighted by Gasteiger charge is -2.09. The molecule has 0 amide bonds. The molecule has 0 radical (unpaired) electrons. The summed E-state index contributed by atoms with van der Waals surface area (Å²) in [5.74, 6) is -0.439. The second-order valence-corrected chi connectivity index (χ2v) is 4.07. The van der Waals surface area contributed by atoms with Crippen LogP contribution in [0.5, 0.6) is 5.75 Å². The Kier molecular flexibility index (Phi) is 3.16. The number of hydrogen-bond donors (Lipinski definition) is 1. The zero-order valence-corrected chi connectivity index (χ0v) is 10.2. The molecule has 2 rings (SSSR count). The summed E-state index contributed by atoms with van der Waals surface area (Å²) in [6.45, 7) is 1.74. The lowest BCUT2D eigenvalue weighted by Crippen LogP contribution is -2.22. The third kappa shape index (κ3) is 2.00. The molecule has 0 aliphatic rings. The van der Waals surface area contributed by atoms with E-state index in [1.54, 1.807) is 25.1 Å². The monoisotopic (exact) mass is 264 g/mol. The highest BCUT2D eigenvalue weighted by molar-refractivity contribution is 6.31. The Morgan fingerprint density at radius 2 is 2.17 bits per heavy atom. The predicted molar refractivity (Wildman–Crippen MR) is 66.6 cm³/mol. The number of aromatic hydroxyl groups is 1. The van der Waals surface area contributed by atoms with Crippen LogP contribution in [0.3, 0.4) is 0 Å². The fourth-order valence-corrected chi connectivity index (χ4v) is 1.71. The van der Waals surface area contributed by atoms with Gasteiger partial charge < -0.3 is 5.11 Å². The quantitative estimate of drug-likeness (QED) is 0.838. The zero-order chi connectivity index (χ0) is 13.3. The molecular formula is C12H9ClN2O3. The maximum absolute atomic E-state index is 11.8. The van der Waals surface area contributed by atoms with Crippen molar-refractivity contribution in [2.24, 2.45) is 0 Å². The first-order valence-electron chi connectivity index (χ1n) is 5.08. The third-order valence-electron chi connectivity index (χ3n) is 2.52. The van der Waals surface area contributed by atoms with Gasteiger partial charge in [-0.25, -0.2) is 0 Å². The first-order chi connectivity index (χ1) is 8.54. The van der Waals surface area contributed by atoms with Crippen LogP contribution in [0.2, 0.25) is 5.02 Å². The topological polar surface area (TPSA) is 72.2 Å². The van der Waals surface area contributed by atoms with Gasteiger partial charge in [-0.05, 0) is 24.6 Å². The Labute approximate surface area is 107 Å². The van der Waals surface area contributed by atoms with Gasteiger partial charge >= 0.3 is 0 Å². The van der Waals surface area contributed by atoms with Gasteiger partial charge in [0.1, 0.15) is 0 Å². The van der Waals surface area contributed by atoms with Crippen LogP contribution < -0.4 is 5.56 Å². The van der Waals surface area contributed by atoms with Crippen LogP contribution >= 0.6 is 11.6 Å². The van der Waals surface area contributed by atoms with Gasteiger partial charge in [0.2, 0.25) is 0 Å². The normalized spacial score (nSPS) is 10.3. The summed E-state index contributed by atoms with van der Waals surface area (Å²) in [5.41, 5.74) is 0.393. The Morgan fingerprint density at radius 1 is 1.44 bits per heavy atom. The van der Waals surface area contributed by atoms with Crippen LogP contribution in [0.4, 0.5) is 0 Å². The highest BCUT2D eigenvalue weighted by Crippen LogP contribution is 2.21.